The molecule has 19 heavy (non-hydrogen) atoms. The Balaban J connectivity index is 2.64. The number of carboxylic acid groups (broad SMARTS) is 1. The lowest BCUT2D eigenvalue weighted by Gasteiger charge is -2.29. The van der Waals surface area contributed by atoms with Gasteiger partial charge in [-0.3, -0.25) is 4.79 Å². The van der Waals surface area contributed by atoms with Crippen molar-refractivity contribution in [2.75, 3.05) is 13.1 Å². The maximum absolute atomic E-state index is 12.0. The summed E-state index contributed by atoms with van der Waals surface area (Å²) in [6.07, 6.45) is 4.12. The summed E-state index contributed by atoms with van der Waals surface area (Å²) in [7, 11) is 0. The first kappa shape index (κ1) is 15.7. The van der Waals surface area contributed by atoms with Gasteiger partial charge in [-0.2, -0.15) is 0 Å². The molecule has 1 atom stereocenters. The predicted molar refractivity (Wildman–Crippen MR) is 74.8 cm³/mol. The Morgan fingerprint density at radius 3 is 2.58 bits per heavy atom. The van der Waals surface area contributed by atoms with Gasteiger partial charge in [0.2, 0.25) is 5.91 Å². The van der Waals surface area contributed by atoms with Crippen molar-refractivity contribution in [1.82, 2.24) is 4.90 Å². The molecule has 1 N–H and O–H groups in total. The van der Waals surface area contributed by atoms with E-state index in [9.17, 15) is 9.59 Å². The Labute approximate surface area is 115 Å². The molecule has 0 radical (unpaired) electrons. The van der Waals surface area contributed by atoms with Gasteiger partial charge in [0.1, 0.15) is 0 Å². The van der Waals surface area contributed by atoms with E-state index in [4.69, 9.17) is 5.11 Å². The first-order valence-corrected chi connectivity index (χ1v) is 6.89. The molecule has 4 heteroatoms. The monoisotopic (exact) mass is 267 g/mol. The molecule has 0 aromatic rings. The van der Waals surface area contributed by atoms with E-state index in [1.807, 2.05) is 0 Å². The maximum atomic E-state index is 12.0. The highest BCUT2D eigenvalue weighted by molar-refractivity contribution is 5.86. The molecular formula is C15H25NO3. The van der Waals surface area contributed by atoms with E-state index < -0.39 is 5.97 Å². The van der Waals surface area contributed by atoms with E-state index >= 15 is 0 Å². The third kappa shape index (κ3) is 4.69. The molecule has 0 aromatic heterocycles. The number of nitrogens with zero attached hydrogens (tertiary/aromatic N) is 1. The minimum Gasteiger partial charge on any atom is -0.478 e. The largest absolute Gasteiger partial charge is 0.478 e. The molecule has 0 aromatic carbocycles. The topological polar surface area (TPSA) is 57.6 Å². The minimum absolute atomic E-state index is 0.140. The van der Waals surface area contributed by atoms with Crippen LogP contribution in [-0.2, 0) is 9.59 Å². The summed E-state index contributed by atoms with van der Waals surface area (Å²) >= 11 is 0. The summed E-state index contributed by atoms with van der Waals surface area (Å²) in [6, 6.07) is 0. The van der Waals surface area contributed by atoms with Gasteiger partial charge < -0.3 is 10.0 Å². The molecule has 0 bridgehead atoms. The quantitative estimate of drug-likeness (QED) is 0.800. The maximum Gasteiger partial charge on any atom is 0.331 e. The van der Waals surface area contributed by atoms with Crippen LogP contribution in [0.1, 0.15) is 47.0 Å². The van der Waals surface area contributed by atoms with E-state index in [0.717, 1.165) is 19.4 Å². The van der Waals surface area contributed by atoms with E-state index in [0.29, 0.717) is 24.5 Å². The highest BCUT2D eigenvalue weighted by Gasteiger charge is 2.29. The summed E-state index contributed by atoms with van der Waals surface area (Å²) in [5, 5.41) is 8.81. The van der Waals surface area contributed by atoms with Crippen LogP contribution in [0.3, 0.4) is 0 Å². The smallest absolute Gasteiger partial charge is 0.331 e. The van der Waals surface area contributed by atoms with Gasteiger partial charge in [0.15, 0.2) is 0 Å². The first-order chi connectivity index (χ1) is 8.71. The normalized spacial score (nSPS) is 22.3. The first-order valence-electron chi connectivity index (χ1n) is 6.89. The average molecular weight is 267 g/mol. The standard InChI is InChI=1S/C15H25NO3/c1-11(14(18)19)7-9-16-10-8-12(15(2,3)4)5-6-13(16)17/h7,12H,5-6,8-10H2,1-4H3,(H,18,19). The number of amides is 1. The summed E-state index contributed by atoms with van der Waals surface area (Å²) in [5.74, 6) is -0.234. The van der Waals surface area contributed by atoms with Crippen molar-refractivity contribution in [3.8, 4) is 0 Å². The number of aliphatic carboxylic acids is 1. The molecule has 0 saturated carbocycles. The lowest BCUT2D eigenvalue weighted by molar-refractivity contribution is -0.133. The summed E-state index contributed by atoms with van der Waals surface area (Å²) in [5.41, 5.74) is 0.521. The van der Waals surface area contributed by atoms with Crippen molar-refractivity contribution >= 4 is 11.9 Å². The molecule has 1 rings (SSSR count). The van der Waals surface area contributed by atoms with Crippen LogP contribution in [0, 0.1) is 11.3 Å². The van der Waals surface area contributed by atoms with Crippen LogP contribution in [0.5, 0.6) is 0 Å². The van der Waals surface area contributed by atoms with E-state index in [1.54, 1.807) is 17.9 Å². The Hall–Kier alpha value is -1.32. The highest BCUT2D eigenvalue weighted by Crippen LogP contribution is 2.34. The Bertz CT molecular complexity index is 379. The zero-order chi connectivity index (χ0) is 14.6. The van der Waals surface area contributed by atoms with Gasteiger partial charge in [0, 0.05) is 25.1 Å². The van der Waals surface area contributed by atoms with Gasteiger partial charge in [0.25, 0.3) is 0 Å². The summed E-state index contributed by atoms with van der Waals surface area (Å²) in [6.45, 7) is 9.34. The highest BCUT2D eigenvalue weighted by atomic mass is 16.4. The number of hydrogen-bond donors (Lipinski definition) is 1. The second-order valence-corrected chi connectivity index (χ2v) is 6.42. The Kier molecular flexibility index (Phi) is 5.15. The fraction of sp³-hybridized carbons (Fsp3) is 0.733. The zero-order valence-electron chi connectivity index (χ0n) is 12.4. The van der Waals surface area contributed by atoms with Gasteiger partial charge in [-0.25, -0.2) is 4.79 Å². The van der Waals surface area contributed by atoms with Crippen LogP contribution in [0.4, 0.5) is 0 Å². The molecule has 1 saturated heterocycles. The number of carboxylic acids is 1. The molecule has 0 spiro atoms. The van der Waals surface area contributed by atoms with Gasteiger partial charge in [0.05, 0.1) is 0 Å². The number of likely N-dealkylation sites (tertiary alicyclic amines) is 1. The second-order valence-electron chi connectivity index (χ2n) is 6.42. The molecule has 1 heterocycles. The molecule has 0 aliphatic carbocycles. The van der Waals surface area contributed by atoms with Crippen molar-refractivity contribution < 1.29 is 14.7 Å². The second kappa shape index (κ2) is 6.22. The van der Waals surface area contributed by atoms with Crippen LogP contribution < -0.4 is 0 Å². The van der Waals surface area contributed by atoms with Crippen LogP contribution in [0.25, 0.3) is 0 Å². The fourth-order valence-corrected chi connectivity index (χ4v) is 2.43. The molecule has 1 aliphatic heterocycles. The Morgan fingerprint density at radius 2 is 2.05 bits per heavy atom. The van der Waals surface area contributed by atoms with Crippen LogP contribution in [0.2, 0.25) is 0 Å². The van der Waals surface area contributed by atoms with Gasteiger partial charge in [-0.1, -0.05) is 26.8 Å². The fourth-order valence-electron chi connectivity index (χ4n) is 2.43. The number of carbonyl (C=O) groups is 2. The lowest BCUT2D eigenvalue weighted by atomic mass is 9.77. The van der Waals surface area contributed by atoms with Crippen LogP contribution >= 0.6 is 0 Å². The van der Waals surface area contributed by atoms with Crippen molar-refractivity contribution in [2.45, 2.75) is 47.0 Å². The van der Waals surface area contributed by atoms with Crippen molar-refractivity contribution in [2.24, 2.45) is 11.3 Å². The molecule has 1 amide bonds. The minimum atomic E-state index is -0.921. The molecular weight excluding hydrogens is 242 g/mol. The number of rotatable bonds is 3. The van der Waals surface area contributed by atoms with E-state index in [-0.39, 0.29) is 11.3 Å². The predicted octanol–water partition coefficient (Wildman–Crippen LogP) is 2.69. The van der Waals surface area contributed by atoms with E-state index in [2.05, 4.69) is 20.8 Å². The Morgan fingerprint density at radius 1 is 1.42 bits per heavy atom. The van der Waals surface area contributed by atoms with Gasteiger partial charge in [-0.15, -0.1) is 0 Å². The summed E-state index contributed by atoms with van der Waals surface area (Å²) in [4.78, 5) is 24.5. The van der Waals surface area contributed by atoms with Crippen LogP contribution in [-0.4, -0.2) is 35.0 Å². The third-order valence-electron chi connectivity index (χ3n) is 3.99. The molecule has 1 fully saturated rings. The van der Waals surface area contributed by atoms with Gasteiger partial charge >= 0.3 is 5.97 Å². The average Bonchev–Trinajstić information content (AvgIpc) is 2.47. The SMILES string of the molecule is CC(=CCN1CCC(C(C)(C)C)CCC1=O)C(=O)O. The van der Waals surface area contributed by atoms with Crippen molar-refractivity contribution in [3.05, 3.63) is 11.6 Å². The van der Waals surface area contributed by atoms with Crippen molar-refractivity contribution in [1.29, 1.82) is 0 Å². The third-order valence-corrected chi connectivity index (χ3v) is 3.99. The number of hydrogen-bond acceptors (Lipinski definition) is 2. The molecule has 4 nitrogen and oxygen atoms in total. The van der Waals surface area contributed by atoms with Crippen molar-refractivity contribution in [3.63, 3.8) is 0 Å². The van der Waals surface area contributed by atoms with Gasteiger partial charge in [-0.05, 0) is 31.1 Å². The lowest BCUT2D eigenvalue weighted by Crippen LogP contribution is -2.31. The zero-order valence-corrected chi connectivity index (χ0v) is 12.4. The summed E-state index contributed by atoms with van der Waals surface area (Å²) < 4.78 is 0. The van der Waals surface area contributed by atoms with E-state index in [1.165, 1.54) is 0 Å². The van der Waals surface area contributed by atoms with Crippen LogP contribution in [0.15, 0.2) is 11.6 Å². The molecule has 108 valence electrons. The number of carbonyl (C=O) groups excluding carboxylic acids is 1. The molecule has 1 aliphatic rings. The molecule has 1 unspecified atom stereocenters.